The molecule has 2 aromatic carbocycles. The van der Waals surface area contributed by atoms with Crippen LogP contribution in [0.3, 0.4) is 0 Å². The van der Waals surface area contributed by atoms with Gasteiger partial charge in [-0.3, -0.25) is 4.79 Å². The zero-order valence-corrected chi connectivity index (χ0v) is 24.9. The minimum atomic E-state index is -1.07. The lowest BCUT2D eigenvalue weighted by Crippen LogP contribution is -2.25. The monoisotopic (exact) mass is 583 g/mol. The van der Waals surface area contributed by atoms with E-state index in [1.165, 1.54) is 63.5 Å². The second-order valence-electron chi connectivity index (χ2n) is 10.5. The number of aliphatic carboxylic acids is 1. The number of amides is 1. The van der Waals surface area contributed by atoms with Crippen LogP contribution in [0.15, 0.2) is 51.7 Å². The van der Waals surface area contributed by atoms with Gasteiger partial charge in [-0.15, -0.1) is 0 Å². The quantitative estimate of drug-likeness (QED) is 0.114. The third kappa shape index (κ3) is 10.2. The van der Waals surface area contributed by atoms with Gasteiger partial charge in [0.2, 0.25) is 5.91 Å². The number of carboxylic acids is 1. The third-order valence-corrected chi connectivity index (χ3v) is 7.50. The number of carbonyl (C=O) groups is 2. The molecule has 1 unspecified atom stereocenters. The van der Waals surface area contributed by atoms with Gasteiger partial charge in [-0.25, -0.2) is 9.59 Å². The third-order valence-electron chi connectivity index (χ3n) is 7.19. The number of carbonyl (C=O) groups excluding carboxylic acids is 1. The number of hydrogen-bond acceptors (Lipinski definition) is 5. The largest absolute Gasteiger partial charge is 0.479 e. The van der Waals surface area contributed by atoms with Crippen molar-refractivity contribution in [1.29, 1.82) is 0 Å². The van der Waals surface area contributed by atoms with E-state index in [0.717, 1.165) is 19.3 Å². The lowest BCUT2D eigenvalue weighted by atomic mass is 10.0. The Labute approximate surface area is 247 Å². The molecule has 3 rings (SSSR count). The SMILES string of the molecule is CCCCCCCCCCCCCC(=O)Nc1ccc(-c2cc(=O)oc3cc(OC(CC)C(=O)O)ccc23)c(Cl)c1. The van der Waals surface area contributed by atoms with Crippen LogP contribution in [0, 0.1) is 0 Å². The van der Waals surface area contributed by atoms with Gasteiger partial charge >= 0.3 is 11.6 Å². The standard InChI is InChI=1S/C33H42ClNO6/c1-3-5-6-7-8-9-10-11-12-13-14-15-31(36)35-23-16-18-25(28(34)20-23)27-22-32(37)41-30-21-24(17-19-26(27)30)40-29(4-2)33(38)39/h16-22,29H,3-15H2,1-2H3,(H,35,36)(H,38,39). The van der Waals surface area contributed by atoms with Crippen molar-refractivity contribution in [2.45, 2.75) is 103 Å². The first-order chi connectivity index (χ1) is 19.8. The average molecular weight is 584 g/mol. The number of halogens is 1. The predicted octanol–water partition coefficient (Wildman–Crippen LogP) is 9.00. The van der Waals surface area contributed by atoms with Gasteiger partial charge in [0.15, 0.2) is 6.10 Å². The molecule has 0 spiro atoms. The maximum Gasteiger partial charge on any atom is 0.344 e. The zero-order chi connectivity index (χ0) is 29.6. The van der Waals surface area contributed by atoms with Gasteiger partial charge in [-0.2, -0.15) is 0 Å². The molecule has 1 amide bonds. The van der Waals surface area contributed by atoms with Gasteiger partial charge in [0, 0.05) is 40.8 Å². The van der Waals surface area contributed by atoms with Crippen molar-refractivity contribution in [2.75, 3.05) is 5.32 Å². The van der Waals surface area contributed by atoms with Crippen molar-refractivity contribution in [1.82, 2.24) is 0 Å². The summed E-state index contributed by atoms with van der Waals surface area (Å²) in [5.74, 6) is -0.829. The number of hydrogen-bond donors (Lipinski definition) is 2. The summed E-state index contributed by atoms with van der Waals surface area (Å²) in [6.07, 6.45) is 13.3. The fourth-order valence-corrected chi connectivity index (χ4v) is 5.18. The van der Waals surface area contributed by atoms with Crippen LogP contribution >= 0.6 is 11.6 Å². The van der Waals surface area contributed by atoms with Crippen LogP contribution in [0.1, 0.15) is 97.3 Å². The highest BCUT2D eigenvalue weighted by molar-refractivity contribution is 6.34. The van der Waals surface area contributed by atoms with Gasteiger partial charge in [-0.05, 0) is 37.1 Å². The lowest BCUT2D eigenvalue weighted by molar-refractivity contribution is -0.145. The summed E-state index contributed by atoms with van der Waals surface area (Å²) < 4.78 is 10.9. The average Bonchev–Trinajstić information content (AvgIpc) is 2.94. The highest BCUT2D eigenvalue weighted by Gasteiger charge is 2.18. The second-order valence-corrected chi connectivity index (χ2v) is 10.9. The van der Waals surface area contributed by atoms with E-state index in [1.54, 1.807) is 37.3 Å². The Morgan fingerprint density at radius 3 is 2.15 bits per heavy atom. The summed E-state index contributed by atoms with van der Waals surface area (Å²) in [6, 6.07) is 11.4. The Bertz CT molecular complexity index is 1350. The number of benzene rings is 2. The Hall–Kier alpha value is -3.32. The van der Waals surface area contributed by atoms with Crippen LogP contribution in [-0.2, 0) is 9.59 Å². The smallest absolute Gasteiger partial charge is 0.344 e. The van der Waals surface area contributed by atoms with Gasteiger partial charge in [0.1, 0.15) is 11.3 Å². The Morgan fingerprint density at radius 1 is 0.878 bits per heavy atom. The molecule has 0 saturated heterocycles. The van der Waals surface area contributed by atoms with E-state index in [9.17, 15) is 19.5 Å². The Kier molecular flexibility index (Phi) is 13.2. The van der Waals surface area contributed by atoms with Gasteiger partial charge < -0.3 is 19.6 Å². The maximum atomic E-state index is 12.5. The van der Waals surface area contributed by atoms with Crippen LogP contribution in [0.5, 0.6) is 5.75 Å². The maximum absolute atomic E-state index is 12.5. The van der Waals surface area contributed by atoms with Crippen LogP contribution in [0.4, 0.5) is 5.69 Å². The molecule has 8 heteroatoms. The van der Waals surface area contributed by atoms with Crippen LogP contribution in [0.2, 0.25) is 5.02 Å². The van der Waals surface area contributed by atoms with E-state index in [2.05, 4.69) is 12.2 Å². The molecule has 1 heterocycles. The molecule has 0 aliphatic rings. The molecule has 0 bridgehead atoms. The highest BCUT2D eigenvalue weighted by atomic mass is 35.5. The molecule has 0 saturated carbocycles. The summed E-state index contributed by atoms with van der Waals surface area (Å²) in [5, 5.41) is 13.2. The second kappa shape index (κ2) is 16.8. The summed E-state index contributed by atoms with van der Waals surface area (Å²) in [7, 11) is 0. The predicted molar refractivity (Wildman–Crippen MR) is 165 cm³/mol. The first-order valence-electron chi connectivity index (χ1n) is 14.9. The summed E-state index contributed by atoms with van der Waals surface area (Å²) in [4.78, 5) is 36.1. The van der Waals surface area contributed by atoms with Crippen molar-refractivity contribution in [3.05, 3.63) is 57.9 Å². The molecule has 3 aromatic rings. The van der Waals surface area contributed by atoms with Crippen LogP contribution in [-0.4, -0.2) is 23.1 Å². The van der Waals surface area contributed by atoms with Crippen molar-refractivity contribution in [2.24, 2.45) is 0 Å². The number of ether oxygens (including phenoxy) is 1. The number of carboxylic acid groups (broad SMARTS) is 1. The van der Waals surface area contributed by atoms with Crippen LogP contribution < -0.4 is 15.7 Å². The molecule has 222 valence electrons. The van der Waals surface area contributed by atoms with Crippen molar-refractivity contribution in [3.8, 4) is 16.9 Å². The van der Waals surface area contributed by atoms with E-state index < -0.39 is 17.7 Å². The molecule has 1 aromatic heterocycles. The normalized spacial score (nSPS) is 11.9. The molecule has 0 radical (unpaired) electrons. The summed E-state index contributed by atoms with van der Waals surface area (Å²) in [5.41, 5.74) is 1.45. The molecule has 0 aliphatic heterocycles. The van der Waals surface area contributed by atoms with Crippen molar-refractivity contribution < 1.29 is 23.8 Å². The lowest BCUT2D eigenvalue weighted by Gasteiger charge is -2.14. The molecule has 0 fully saturated rings. The minimum absolute atomic E-state index is 0.0465. The number of unbranched alkanes of at least 4 members (excludes halogenated alkanes) is 10. The molecular weight excluding hydrogens is 542 g/mol. The van der Waals surface area contributed by atoms with Crippen LogP contribution in [0.25, 0.3) is 22.1 Å². The number of anilines is 1. The number of rotatable bonds is 18. The zero-order valence-electron chi connectivity index (χ0n) is 24.2. The number of nitrogens with one attached hydrogen (secondary N) is 1. The molecule has 2 N–H and O–H groups in total. The first-order valence-corrected chi connectivity index (χ1v) is 15.3. The van der Waals surface area contributed by atoms with E-state index in [-0.39, 0.29) is 23.7 Å². The van der Waals surface area contributed by atoms with E-state index in [4.69, 9.17) is 20.8 Å². The Balaban J connectivity index is 1.55. The summed E-state index contributed by atoms with van der Waals surface area (Å²) in [6.45, 7) is 3.95. The first kappa shape index (κ1) is 32.2. The molecular formula is C33H42ClNO6. The van der Waals surface area contributed by atoms with Gasteiger partial charge in [-0.1, -0.05) is 95.7 Å². The summed E-state index contributed by atoms with van der Waals surface area (Å²) >= 11 is 6.60. The van der Waals surface area contributed by atoms with E-state index >= 15 is 0 Å². The van der Waals surface area contributed by atoms with Gasteiger partial charge in [0.05, 0.1) is 5.02 Å². The molecule has 41 heavy (non-hydrogen) atoms. The van der Waals surface area contributed by atoms with Gasteiger partial charge in [0.25, 0.3) is 0 Å². The Morgan fingerprint density at radius 2 is 1.54 bits per heavy atom. The van der Waals surface area contributed by atoms with Crippen molar-refractivity contribution in [3.63, 3.8) is 0 Å². The van der Waals surface area contributed by atoms with E-state index in [1.807, 2.05) is 0 Å². The van der Waals surface area contributed by atoms with E-state index in [0.29, 0.717) is 33.6 Å². The highest BCUT2D eigenvalue weighted by Crippen LogP contribution is 2.35. The fraction of sp³-hybridized carbons (Fsp3) is 0.485. The fourth-order valence-electron chi connectivity index (χ4n) is 4.90. The molecule has 1 atom stereocenters. The topological polar surface area (TPSA) is 106 Å². The van der Waals surface area contributed by atoms with Crippen molar-refractivity contribution >= 4 is 40.1 Å². The number of fused-ring (bicyclic) bond motifs is 1. The minimum Gasteiger partial charge on any atom is -0.479 e. The molecule has 7 nitrogen and oxygen atoms in total. The molecule has 0 aliphatic carbocycles.